The van der Waals surface area contributed by atoms with Crippen molar-refractivity contribution in [2.75, 3.05) is 13.1 Å². The van der Waals surface area contributed by atoms with Crippen molar-refractivity contribution in [1.29, 1.82) is 0 Å². The standard InChI is InChI=1S/C13H16F3NO2/c14-13(15,16)19-12-5-3-11(4-6-12)18-10-2-1-8-17-9-7-10/h3-6,10,17H,1-2,7-9H2/t10-/m1/s1. The first-order chi connectivity index (χ1) is 9.03. The maximum Gasteiger partial charge on any atom is 0.573 e. The van der Waals surface area contributed by atoms with E-state index >= 15 is 0 Å². The van der Waals surface area contributed by atoms with Gasteiger partial charge in [0, 0.05) is 0 Å². The van der Waals surface area contributed by atoms with Crippen LogP contribution in [0.25, 0.3) is 0 Å². The molecule has 6 heteroatoms. The van der Waals surface area contributed by atoms with Crippen LogP contribution in [-0.2, 0) is 0 Å². The van der Waals surface area contributed by atoms with Crippen molar-refractivity contribution in [3.63, 3.8) is 0 Å². The van der Waals surface area contributed by atoms with Crippen LogP contribution >= 0.6 is 0 Å². The van der Waals surface area contributed by atoms with Crippen LogP contribution in [0.15, 0.2) is 24.3 Å². The van der Waals surface area contributed by atoms with E-state index in [-0.39, 0.29) is 11.9 Å². The molecule has 106 valence electrons. The molecule has 2 rings (SSSR count). The fourth-order valence-corrected chi connectivity index (χ4v) is 2.02. The predicted octanol–water partition coefficient (Wildman–Crippen LogP) is 3.11. The van der Waals surface area contributed by atoms with E-state index in [4.69, 9.17) is 4.74 Å². The summed E-state index contributed by atoms with van der Waals surface area (Å²) in [4.78, 5) is 0. The smallest absolute Gasteiger partial charge is 0.490 e. The topological polar surface area (TPSA) is 30.5 Å². The summed E-state index contributed by atoms with van der Waals surface area (Å²) >= 11 is 0. The van der Waals surface area contributed by atoms with E-state index in [1.807, 2.05) is 0 Å². The van der Waals surface area contributed by atoms with Crippen LogP contribution in [0.3, 0.4) is 0 Å². The molecule has 1 aromatic carbocycles. The Bertz CT molecular complexity index is 384. The molecule has 0 bridgehead atoms. The van der Waals surface area contributed by atoms with Gasteiger partial charge in [0.1, 0.15) is 11.5 Å². The van der Waals surface area contributed by atoms with E-state index in [1.165, 1.54) is 24.3 Å². The maximum atomic E-state index is 12.0. The van der Waals surface area contributed by atoms with Gasteiger partial charge in [-0.25, -0.2) is 0 Å². The monoisotopic (exact) mass is 275 g/mol. The number of alkyl halides is 3. The van der Waals surface area contributed by atoms with Gasteiger partial charge in [0.25, 0.3) is 0 Å². The van der Waals surface area contributed by atoms with Crippen LogP contribution in [0.2, 0.25) is 0 Å². The van der Waals surface area contributed by atoms with Crippen LogP contribution < -0.4 is 14.8 Å². The predicted molar refractivity (Wildman–Crippen MR) is 64.3 cm³/mol. The zero-order valence-electron chi connectivity index (χ0n) is 10.4. The Morgan fingerprint density at radius 3 is 2.37 bits per heavy atom. The van der Waals surface area contributed by atoms with Gasteiger partial charge in [-0.1, -0.05) is 0 Å². The zero-order chi connectivity index (χ0) is 13.7. The van der Waals surface area contributed by atoms with Crippen molar-refractivity contribution in [2.45, 2.75) is 31.7 Å². The van der Waals surface area contributed by atoms with Gasteiger partial charge < -0.3 is 14.8 Å². The van der Waals surface area contributed by atoms with Crippen molar-refractivity contribution in [3.8, 4) is 11.5 Å². The summed E-state index contributed by atoms with van der Waals surface area (Å²) in [7, 11) is 0. The molecule has 1 fully saturated rings. The minimum atomic E-state index is -4.66. The van der Waals surface area contributed by atoms with Gasteiger partial charge in [-0.3, -0.25) is 0 Å². The third-order valence-corrected chi connectivity index (χ3v) is 2.88. The molecule has 0 aliphatic carbocycles. The van der Waals surface area contributed by atoms with Crippen molar-refractivity contribution < 1.29 is 22.6 Å². The number of benzene rings is 1. The molecule has 0 radical (unpaired) electrons. The fourth-order valence-electron chi connectivity index (χ4n) is 2.02. The highest BCUT2D eigenvalue weighted by Gasteiger charge is 2.31. The number of hydrogen-bond acceptors (Lipinski definition) is 3. The Kier molecular flexibility index (Phi) is 4.52. The number of halogens is 3. The molecule has 1 aromatic rings. The van der Waals surface area contributed by atoms with E-state index < -0.39 is 6.36 Å². The summed E-state index contributed by atoms with van der Waals surface area (Å²) in [6.07, 6.45) is -1.64. The third kappa shape index (κ3) is 4.98. The lowest BCUT2D eigenvalue weighted by atomic mass is 10.1. The molecule has 0 spiro atoms. The van der Waals surface area contributed by atoms with Gasteiger partial charge in [0.15, 0.2) is 0 Å². The van der Waals surface area contributed by atoms with Gasteiger partial charge in [0.05, 0.1) is 6.10 Å². The van der Waals surface area contributed by atoms with Crippen molar-refractivity contribution >= 4 is 0 Å². The quantitative estimate of drug-likeness (QED) is 0.919. The molecule has 0 amide bonds. The minimum absolute atomic E-state index is 0.115. The highest BCUT2D eigenvalue weighted by atomic mass is 19.4. The van der Waals surface area contributed by atoms with Crippen LogP contribution in [0, 0.1) is 0 Å². The Morgan fingerprint density at radius 1 is 1.00 bits per heavy atom. The van der Waals surface area contributed by atoms with E-state index in [0.29, 0.717) is 5.75 Å². The minimum Gasteiger partial charge on any atom is -0.490 e. The number of rotatable bonds is 3. The van der Waals surface area contributed by atoms with Gasteiger partial charge in [0.2, 0.25) is 0 Å². The molecule has 1 heterocycles. The SMILES string of the molecule is FC(F)(F)Oc1ccc(O[C@@H]2CCCNCC2)cc1. The molecular formula is C13H16F3NO2. The molecule has 3 nitrogen and oxygen atoms in total. The molecule has 1 saturated heterocycles. The Balaban J connectivity index is 1.90. The molecule has 0 aromatic heterocycles. The Morgan fingerprint density at radius 2 is 1.68 bits per heavy atom. The highest BCUT2D eigenvalue weighted by molar-refractivity contribution is 5.31. The summed E-state index contributed by atoms with van der Waals surface area (Å²) in [6, 6.07) is 5.52. The first-order valence-electron chi connectivity index (χ1n) is 6.26. The van der Waals surface area contributed by atoms with Gasteiger partial charge in [-0.05, 0) is 56.6 Å². The molecule has 1 aliphatic rings. The molecule has 0 saturated carbocycles. The maximum absolute atomic E-state index is 12.0. The average Bonchev–Trinajstić information content (AvgIpc) is 2.58. The molecule has 1 N–H and O–H groups in total. The van der Waals surface area contributed by atoms with E-state index in [0.717, 1.165) is 32.4 Å². The Labute approximate surface area is 109 Å². The molecule has 19 heavy (non-hydrogen) atoms. The lowest BCUT2D eigenvalue weighted by Crippen LogP contribution is -2.19. The second-order valence-electron chi connectivity index (χ2n) is 4.44. The van der Waals surface area contributed by atoms with Gasteiger partial charge in [-0.2, -0.15) is 0 Å². The van der Waals surface area contributed by atoms with Gasteiger partial charge >= 0.3 is 6.36 Å². The van der Waals surface area contributed by atoms with E-state index in [9.17, 15) is 13.2 Å². The summed E-state index contributed by atoms with van der Waals surface area (Å²) in [6.45, 7) is 1.89. The van der Waals surface area contributed by atoms with E-state index in [1.54, 1.807) is 0 Å². The lowest BCUT2D eigenvalue weighted by molar-refractivity contribution is -0.274. The first-order valence-corrected chi connectivity index (χ1v) is 6.26. The molecular weight excluding hydrogens is 259 g/mol. The normalized spacial score (nSPS) is 20.7. The van der Waals surface area contributed by atoms with Crippen molar-refractivity contribution in [3.05, 3.63) is 24.3 Å². The van der Waals surface area contributed by atoms with E-state index in [2.05, 4.69) is 10.1 Å². The van der Waals surface area contributed by atoms with Gasteiger partial charge in [-0.15, -0.1) is 13.2 Å². The Hall–Kier alpha value is -1.43. The number of nitrogens with one attached hydrogen (secondary N) is 1. The fraction of sp³-hybridized carbons (Fsp3) is 0.538. The van der Waals surface area contributed by atoms with Crippen LogP contribution in [-0.4, -0.2) is 25.6 Å². The van der Waals surface area contributed by atoms with Crippen molar-refractivity contribution in [1.82, 2.24) is 5.32 Å². The molecule has 1 aliphatic heterocycles. The van der Waals surface area contributed by atoms with Crippen molar-refractivity contribution in [2.24, 2.45) is 0 Å². The van der Waals surface area contributed by atoms with Crippen LogP contribution in [0.1, 0.15) is 19.3 Å². The number of hydrogen-bond donors (Lipinski definition) is 1. The highest BCUT2D eigenvalue weighted by Crippen LogP contribution is 2.25. The zero-order valence-corrected chi connectivity index (χ0v) is 10.4. The third-order valence-electron chi connectivity index (χ3n) is 2.88. The molecule has 1 atom stereocenters. The summed E-state index contributed by atoms with van der Waals surface area (Å²) in [5, 5.41) is 3.27. The largest absolute Gasteiger partial charge is 0.573 e. The second-order valence-corrected chi connectivity index (χ2v) is 4.44. The second kappa shape index (κ2) is 6.14. The summed E-state index contributed by atoms with van der Waals surface area (Å²) in [5.41, 5.74) is 0. The first kappa shape index (κ1) is 14.0. The number of ether oxygens (including phenoxy) is 2. The van der Waals surface area contributed by atoms with Crippen LogP contribution in [0.4, 0.5) is 13.2 Å². The lowest BCUT2D eigenvalue weighted by Gasteiger charge is -2.17. The molecule has 0 unspecified atom stereocenters. The van der Waals surface area contributed by atoms with Crippen LogP contribution in [0.5, 0.6) is 11.5 Å². The summed E-state index contributed by atoms with van der Waals surface area (Å²) < 4.78 is 45.5. The average molecular weight is 275 g/mol. The summed E-state index contributed by atoms with van der Waals surface area (Å²) in [5.74, 6) is 0.337.